The van der Waals surface area contributed by atoms with Crippen LogP contribution in [-0.4, -0.2) is 24.8 Å². The maximum Gasteiger partial charge on any atom is 0.220 e. The van der Waals surface area contributed by atoms with Crippen molar-refractivity contribution in [2.45, 2.75) is 26.2 Å². The minimum absolute atomic E-state index is 0.0447. The number of nitrogens with one attached hydrogen (secondary N) is 1. The van der Waals surface area contributed by atoms with Crippen molar-refractivity contribution in [2.75, 3.05) is 18.9 Å². The van der Waals surface area contributed by atoms with E-state index >= 15 is 0 Å². The number of rotatable bonds is 9. The summed E-state index contributed by atoms with van der Waals surface area (Å²) in [6.45, 7) is 3.04. The predicted octanol–water partition coefficient (Wildman–Crippen LogP) is 2.99. The third-order valence-electron chi connectivity index (χ3n) is 3.78. The smallest absolute Gasteiger partial charge is 0.220 e. The van der Waals surface area contributed by atoms with Gasteiger partial charge in [0.2, 0.25) is 5.91 Å². The van der Waals surface area contributed by atoms with E-state index in [1.807, 2.05) is 31.2 Å². The van der Waals surface area contributed by atoms with Crippen LogP contribution in [0.2, 0.25) is 0 Å². The highest BCUT2D eigenvalue weighted by atomic mass is 16.5. The van der Waals surface area contributed by atoms with E-state index in [9.17, 15) is 9.59 Å². The van der Waals surface area contributed by atoms with Gasteiger partial charge in [-0.1, -0.05) is 12.1 Å². The van der Waals surface area contributed by atoms with E-state index in [1.54, 1.807) is 24.3 Å². The van der Waals surface area contributed by atoms with Gasteiger partial charge in [-0.05, 0) is 55.3 Å². The van der Waals surface area contributed by atoms with Crippen LogP contribution in [0.5, 0.6) is 5.75 Å². The van der Waals surface area contributed by atoms with E-state index in [1.165, 1.54) is 0 Å². The summed E-state index contributed by atoms with van der Waals surface area (Å²) in [5.74, 6) is 0.575. The Bertz CT molecular complexity index is 694. The van der Waals surface area contributed by atoms with Gasteiger partial charge in [-0.3, -0.25) is 9.59 Å². The lowest BCUT2D eigenvalue weighted by Crippen LogP contribution is -2.26. The number of nitrogen functional groups attached to an aromatic ring is 1. The lowest BCUT2D eigenvalue weighted by molar-refractivity contribution is -0.121. The molecule has 0 aliphatic carbocycles. The molecule has 0 unspecified atom stereocenters. The van der Waals surface area contributed by atoms with Gasteiger partial charge in [0.05, 0.1) is 6.61 Å². The molecule has 0 saturated carbocycles. The maximum atomic E-state index is 12.1. The first-order valence-corrected chi connectivity index (χ1v) is 8.45. The summed E-state index contributed by atoms with van der Waals surface area (Å²) in [6, 6.07) is 14.6. The summed E-state index contributed by atoms with van der Waals surface area (Å²) in [4.78, 5) is 24.0. The van der Waals surface area contributed by atoms with Gasteiger partial charge in [-0.25, -0.2) is 0 Å². The number of carbonyl (C=O) groups excluding carboxylic acids is 2. The maximum absolute atomic E-state index is 12.1. The third kappa shape index (κ3) is 6.30. The molecule has 0 heterocycles. The summed E-state index contributed by atoms with van der Waals surface area (Å²) in [5, 5.41) is 2.84. The van der Waals surface area contributed by atoms with E-state index < -0.39 is 0 Å². The van der Waals surface area contributed by atoms with Crippen LogP contribution in [0, 0.1) is 0 Å². The lowest BCUT2D eigenvalue weighted by atomic mass is 10.1. The molecule has 0 spiro atoms. The van der Waals surface area contributed by atoms with Crippen LogP contribution in [0.25, 0.3) is 0 Å². The summed E-state index contributed by atoms with van der Waals surface area (Å²) in [6.07, 6.45) is 1.12. The normalized spacial score (nSPS) is 10.3. The first kappa shape index (κ1) is 18.5. The summed E-state index contributed by atoms with van der Waals surface area (Å²) in [5.41, 5.74) is 8.06. The highest BCUT2D eigenvalue weighted by Gasteiger charge is 2.09. The summed E-state index contributed by atoms with van der Waals surface area (Å²) >= 11 is 0. The van der Waals surface area contributed by atoms with Crippen LogP contribution in [0.1, 0.15) is 35.7 Å². The van der Waals surface area contributed by atoms with Crippen molar-refractivity contribution >= 4 is 17.4 Å². The lowest BCUT2D eigenvalue weighted by Gasteiger charge is -2.06. The van der Waals surface area contributed by atoms with Crippen molar-refractivity contribution in [3.63, 3.8) is 0 Å². The van der Waals surface area contributed by atoms with Crippen molar-refractivity contribution in [1.29, 1.82) is 0 Å². The van der Waals surface area contributed by atoms with E-state index in [2.05, 4.69) is 5.32 Å². The molecule has 0 aliphatic rings. The fourth-order valence-electron chi connectivity index (χ4n) is 2.39. The molecule has 0 bridgehead atoms. The average molecular weight is 340 g/mol. The number of carbonyl (C=O) groups is 2. The predicted molar refractivity (Wildman–Crippen MR) is 98.7 cm³/mol. The first-order valence-electron chi connectivity index (χ1n) is 8.45. The largest absolute Gasteiger partial charge is 0.494 e. The number of nitrogens with two attached hydrogens (primary N) is 1. The minimum atomic E-state index is -0.116. The van der Waals surface area contributed by atoms with Crippen molar-refractivity contribution < 1.29 is 14.3 Å². The number of anilines is 1. The molecule has 0 fully saturated rings. The quantitative estimate of drug-likeness (QED) is 0.543. The molecule has 132 valence electrons. The molecule has 3 N–H and O–H groups in total. The Morgan fingerprint density at radius 2 is 1.68 bits per heavy atom. The molecular formula is C20H24N2O3. The molecule has 5 heteroatoms. The van der Waals surface area contributed by atoms with Crippen LogP contribution in [-0.2, 0) is 11.2 Å². The Kier molecular flexibility index (Phi) is 7.01. The van der Waals surface area contributed by atoms with Crippen LogP contribution in [0.3, 0.4) is 0 Å². The fourth-order valence-corrected chi connectivity index (χ4v) is 2.39. The van der Waals surface area contributed by atoms with E-state index in [-0.39, 0.29) is 24.5 Å². The van der Waals surface area contributed by atoms with Crippen LogP contribution >= 0.6 is 0 Å². The van der Waals surface area contributed by atoms with Crippen LogP contribution in [0.15, 0.2) is 48.5 Å². The van der Waals surface area contributed by atoms with Gasteiger partial charge < -0.3 is 15.8 Å². The van der Waals surface area contributed by atoms with Crippen molar-refractivity contribution in [3.05, 3.63) is 59.7 Å². The van der Waals surface area contributed by atoms with Gasteiger partial charge >= 0.3 is 0 Å². The average Bonchev–Trinajstić information content (AvgIpc) is 2.62. The van der Waals surface area contributed by atoms with Gasteiger partial charge in [0.15, 0.2) is 5.78 Å². The van der Waals surface area contributed by atoms with E-state index in [4.69, 9.17) is 10.5 Å². The molecule has 2 aromatic rings. The number of Topliss-reactive ketones (excluding diaryl/α,β-unsaturated/α-hetero) is 1. The molecule has 0 radical (unpaired) electrons. The molecule has 0 saturated heterocycles. The molecule has 2 aromatic carbocycles. The van der Waals surface area contributed by atoms with Gasteiger partial charge in [-0.15, -0.1) is 0 Å². The molecule has 25 heavy (non-hydrogen) atoms. The Morgan fingerprint density at radius 1 is 1.00 bits per heavy atom. The second kappa shape index (κ2) is 9.47. The number of ether oxygens (including phenoxy) is 1. The molecule has 2 rings (SSSR count). The van der Waals surface area contributed by atoms with Gasteiger partial charge in [0, 0.05) is 30.6 Å². The second-order valence-electron chi connectivity index (χ2n) is 5.72. The monoisotopic (exact) mass is 340 g/mol. The number of hydrogen-bond acceptors (Lipinski definition) is 4. The van der Waals surface area contributed by atoms with Crippen molar-refractivity contribution in [1.82, 2.24) is 5.32 Å². The minimum Gasteiger partial charge on any atom is -0.494 e. The molecule has 0 aliphatic heterocycles. The zero-order valence-electron chi connectivity index (χ0n) is 14.5. The van der Waals surface area contributed by atoms with Crippen molar-refractivity contribution in [2.24, 2.45) is 0 Å². The Morgan fingerprint density at radius 3 is 2.32 bits per heavy atom. The van der Waals surface area contributed by atoms with Gasteiger partial charge in [0.25, 0.3) is 0 Å². The SMILES string of the molecule is CCOc1ccc(C(=O)CCC(=O)NCCc2ccc(N)cc2)cc1. The zero-order chi connectivity index (χ0) is 18.1. The van der Waals surface area contributed by atoms with Crippen molar-refractivity contribution in [3.8, 4) is 5.75 Å². The molecule has 0 aromatic heterocycles. The highest BCUT2D eigenvalue weighted by molar-refractivity contribution is 5.98. The second-order valence-corrected chi connectivity index (χ2v) is 5.72. The summed E-state index contributed by atoms with van der Waals surface area (Å²) in [7, 11) is 0. The standard InChI is InChI=1S/C20H24N2O3/c1-2-25-18-9-5-16(6-10-18)19(23)11-12-20(24)22-14-13-15-3-7-17(21)8-4-15/h3-10H,2,11-14,21H2,1H3,(H,22,24). The van der Waals surface area contributed by atoms with E-state index in [0.717, 1.165) is 23.4 Å². The molecular weight excluding hydrogens is 316 g/mol. The highest BCUT2D eigenvalue weighted by Crippen LogP contribution is 2.14. The Balaban J connectivity index is 1.70. The number of benzene rings is 2. The number of ketones is 1. The number of amides is 1. The molecule has 0 atom stereocenters. The fraction of sp³-hybridized carbons (Fsp3) is 0.300. The topological polar surface area (TPSA) is 81.4 Å². The van der Waals surface area contributed by atoms with Crippen LogP contribution in [0.4, 0.5) is 5.69 Å². The van der Waals surface area contributed by atoms with Gasteiger partial charge in [0.1, 0.15) is 5.75 Å². The van der Waals surface area contributed by atoms with E-state index in [0.29, 0.717) is 18.7 Å². The van der Waals surface area contributed by atoms with Gasteiger partial charge in [-0.2, -0.15) is 0 Å². The number of hydrogen-bond donors (Lipinski definition) is 2. The zero-order valence-corrected chi connectivity index (χ0v) is 14.5. The Hall–Kier alpha value is -2.82. The molecule has 5 nitrogen and oxygen atoms in total. The molecule has 1 amide bonds. The summed E-state index contributed by atoms with van der Waals surface area (Å²) < 4.78 is 5.34. The third-order valence-corrected chi connectivity index (χ3v) is 3.78. The Labute approximate surface area is 148 Å². The van der Waals surface area contributed by atoms with Crippen LogP contribution < -0.4 is 15.8 Å². The first-order chi connectivity index (χ1) is 12.1.